The predicted octanol–water partition coefficient (Wildman–Crippen LogP) is 5.26. The van der Waals surface area contributed by atoms with Gasteiger partial charge in [0, 0.05) is 12.4 Å². The molecular formula is C16H19FNO2P. The highest BCUT2D eigenvalue weighted by Gasteiger charge is 2.17. The fourth-order valence-corrected chi connectivity index (χ4v) is 3.11. The number of nitrogens with one attached hydrogen (secondary N) is 1. The summed E-state index contributed by atoms with van der Waals surface area (Å²) in [5.41, 5.74) is 1.62. The summed E-state index contributed by atoms with van der Waals surface area (Å²) in [5, 5.41) is 2.74. The molecule has 0 spiro atoms. The topological polar surface area (TPSA) is 38.3 Å². The molecule has 1 atom stereocenters. The van der Waals surface area contributed by atoms with E-state index in [9.17, 15) is 8.96 Å². The van der Waals surface area contributed by atoms with Crippen LogP contribution in [0.15, 0.2) is 48.5 Å². The molecule has 0 radical (unpaired) electrons. The first-order valence-electron chi connectivity index (χ1n) is 6.77. The summed E-state index contributed by atoms with van der Waals surface area (Å²) in [6.45, 7) is 5.67. The molecule has 0 aromatic heterocycles. The zero-order valence-electron chi connectivity index (χ0n) is 12.3. The number of halogens is 1. The van der Waals surface area contributed by atoms with Crippen LogP contribution in [0, 0.1) is 5.82 Å². The summed E-state index contributed by atoms with van der Waals surface area (Å²) in [7, 11) is -3.11. The van der Waals surface area contributed by atoms with Gasteiger partial charge in [-0.1, -0.05) is 32.0 Å². The second-order valence-electron chi connectivity index (χ2n) is 5.28. The normalized spacial score (nSPS) is 13.8. The van der Waals surface area contributed by atoms with Crippen molar-refractivity contribution >= 4 is 13.2 Å². The molecule has 2 rings (SSSR count). The Bertz CT molecular complexity index is 656. The molecule has 21 heavy (non-hydrogen) atoms. The Kier molecular flexibility index (Phi) is 4.69. The highest BCUT2D eigenvalue weighted by atomic mass is 31.2. The van der Waals surface area contributed by atoms with Gasteiger partial charge in [-0.05, 0) is 41.8 Å². The molecule has 0 aliphatic carbocycles. The van der Waals surface area contributed by atoms with Crippen LogP contribution in [-0.2, 0) is 4.57 Å². The van der Waals surface area contributed by atoms with Crippen LogP contribution in [0.25, 0.3) is 0 Å². The summed E-state index contributed by atoms with van der Waals surface area (Å²) in [4.78, 5) is 0. The smallest absolute Gasteiger partial charge is 0.338 e. The molecular weight excluding hydrogens is 288 g/mol. The maximum absolute atomic E-state index is 13.1. The van der Waals surface area contributed by atoms with Gasteiger partial charge >= 0.3 is 7.52 Å². The molecule has 1 N–H and O–H groups in total. The SMILES string of the molecule is CC(C)c1ccc(O[P@](C)(=O)Nc2cccc(F)c2)cc1. The first kappa shape index (κ1) is 15.6. The molecule has 2 aromatic carbocycles. The van der Waals surface area contributed by atoms with Crippen molar-refractivity contribution in [1.82, 2.24) is 0 Å². The van der Waals surface area contributed by atoms with E-state index in [1.165, 1.54) is 24.4 Å². The molecule has 0 saturated heterocycles. The lowest BCUT2D eigenvalue weighted by atomic mass is 10.0. The van der Waals surface area contributed by atoms with E-state index in [0.29, 0.717) is 17.4 Å². The van der Waals surface area contributed by atoms with Crippen LogP contribution < -0.4 is 9.61 Å². The molecule has 0 aliphatic heterocycles. The minimum Gasteiger partial charge on any atom is -0.429 e. The minimum atomic E-state index is -3.11. The summed E-state index contributed by atoms with van der Waals surface area (Å²) in [6, 6.07) is 13.3. The zero-order chi connectivity index (χ0) is 15.5. The van der Waals surface area contributed by atoms with E-state index in [2.05, 4.69) is 18.9 Å². The van der Waals surface area contributed by atoms with Gasteiger partial charge in [0.15, 0.2) is 0 Å². The van der Waals surface area contributed by atoms with Crippen molar-refractivity contribution < 1.29 is 13.5 Å². The number of hydrogen-bond donors (Lipinski definition) is 1. The lowest BCUT2D eigenvalue weighted by Crippen LogP contribution is -2.02. The van der Waals surface area contributed by atoms with Gasteiger partial charge in [-0.15, -0.1) is 0 Å². The Hall–Kier alpha value is -1.80. The van der Waals surface area contributed by atoms with Crippen molar-refractivity contribution in [2.24, 2.45) is 0 Å². The number of anilines is 1. The molecule has 0 heterocycles. The van der Waals surface area contributed by atoms with E-state index in [-0.39, 0.29) is 5.82 Å². The Morgan fingerprint density at radius 2 is 1.81 bits per heavy atom. The van der Waals surface area contributed by atoms with Crippen LogP contribution >= 0.6 is 7.52 Å². The van der Waals surface area contributed by atoms with Crippen LogP contribution in [0.4, 0.5) is 10.1 Å². The van der Waals surface area contributed by atoms with Crippen molar-refractivity contribution in [3.8, 4) is 5.75 Å². The average molecular weight is 307 g/mol. The van der Waals surface area contributed by atoms with Crippen LogP contribution in [0.1, 0.15) is 25.3 Å². The van der Waals surface area contributed by atoms with Crippen LogP contribution in [0.5, 0.6) is 5.75 Å². The van der Waals surface area contributed by atoms with Gasteiger partial charge in [0.25, 0.3) is 0 Å². The molecule has 2 aromatic rings. The summed E-state index contributed by atoms with van der Waals surface area (Å²) < 4.78 is 31.0. The Labute approximate surface area is 124 Å². The third-order valence-corrected chi connectivity index (χ3v) is 4.21. The predicted molar refractivity (Wildman–Crippen MR) is 84.7 cm³/mol. The highest BCUT2D eigenvalue weighted by Crippen LogP contribution is 2.43. The highest BCUT2D eigenvalue weighted by molar-refractivity contribution is 7.60. The van der Waals surface area contributed by atoms with Gasteiger partial charge in [-0.2, -0.15) is 0 Å². The molecule has 0 unspecified atom stereocenters. The van der Waals surface area contributed by atoms with Gasteiger partial charge in [-0.25, -0.2) is 4.39 Å². The maximum Gasteiger partial charge on any atom is 0.338 e. The molecule has 0 fully saturated rings. The van der Waals surface area contributed by atoms with Crippen molar-refractivity contribution in [2.75, 3.05) is 11.8 Å². The average Bonchev–Trinajstić information content (AvgIpc) is 2.38. The van der Waals surface area contributed by atoms with E-state index in [0.717, 1.165) is 0 Å². The first-order valence-corrected chi connectivity index (χ1v) is 8.84. The summed E-state index contributed by atoms with van der Waals surface area (Å²) in [6.07, 6.45) is 0. The van der Waals surface area contributed by atoms with E-state index < -0.39 is 7.52 Å². The number of benzene rings is 2. The molecule has 0 saturated carbocycles. The zero-order valence-corrected chi connectivity index (χ0v) is 13.2. The van der Waals surface area contributed by atoms with Gasteiger partial charge in [-0.3, -0.25) is 4.57 Å². The Morgan fingerprint density at radius 1 is 1.14 bits per heavy atom. The Morgan fingerprint density at radius 3 is 2.38 bits per heavy atom. The molecule has 5 heteroatoms. The van der Waals surface area contributed by atoms with Gasteiger partial charge < -0.3 is 9.61 Å². The van der Waals surface area contributed by atoms with Crippen molar-refractivity contribution in [3.05, 3.63) is 59.9 Å². The number of hydrogen-bond acceptors (Lipinski definition) is 2. The minimum absolute atomic E-state index is 0.388. The standard InChI is InChI=1S/C16H19FNO2P/c1-12(2)13-7-9-16(10-8-13)20-21(3,19)18-15-6-4-5-14(17)11-15/h4-12H,1-3H3,(H,18,19)/t21-/m0/s1. The van der Waals surface area contributed by atoms with E-state index in [1.807, 2.05) is 12.1 Å². The second-order valence-corrected chi connectivity index (χ2v) is 7.38. The van der Waals surface area contributed by atoms with E-state index >= 15 is 0 Å². The van der Waals surface area contributed by atoms with Crippen molar-refractivity contribution in [3.63, 3.8) is 0 Å². The van der Waals surface area contributed by atoms with E-state index in [1.54, 1.807) is 24.3 Å². The molecule has 112 valence electrons. The van der Waals surface area contributed by atoms with Gasteiger partial charge in [0.05, 0.1) is 0 Å². The lowest BCUT2D eigenvalue weighted by Gasteiger charge is -2.18. The molecule has 3 nitrogen and oxygen atoms in total. The largest absolute Gasteiger partial charge is 0.429 e. The third kappa shape index (κ3) is 4.61. The van der Waals surface area contributed by atoms with Gasteiger partial charge in [0.1, 0.15) is 11.6 Å². The summed E-state index contributed by atoms with van der Waals surface area (Å²) in [5.74, 6) is 0.563. The molecule has 0 amide bonds. The maximum atomic E-state index is 13.1. The quantitative estimate of drug-likeness (QED) is 0.765. The van der Waals surface area contributed by atoms with E-state index in [4.69, 9.17) is 4.52 Å². The molecule has 0 aliphatic rings. The summed E-state index contributed by atoms with van der Waals surface area (Å²) >= 11 is 0. The molecule has 0 bridgehead atoms. The van der Waals surface area contributed by atoms with Crippen molar-refractivity contribution in [1.29, 1.82) is 0 Å². The van der Waals surface area contributed by atoms with Crippen LogP contribution in [0.3, 0.4) is 0 Å². The second kappa shape index (κ2) is 6.31. The number of rotatable bonds is 5. The first-order chi connectivity index (χ1) is 9.85. The third-order valence-electron chi connectivity index (χ3n) is 2.98. The van der Waals surface area contributed by atoms with Gasteiger partial charge in [0.2, 0.25) is 0 Å². The fourth-order valence-electron chi connectivity index (χ4n) is 1.93. The lowest BCUT2D eigenvalue weighted by molar-refractivity contribution is 0.493. The monoisotopic (exact) mass is 307 g/mol. The van der Waals surface area contributed by atoms with Crippen molar-refractivity contribution in [2.45, 2.75) is 19.8 Å². The Balaban J connectivity index is 2.08. The van der Waals surface area contributed by atoms with Crippen LogP contribution in [0.2, 0.25) is 0 Å². The van der Waals surface area contributed by atoms with Crippen LogP contribution in [-0.4, -0.2) is 6.66 Å². The fraction of sp³-hybridized carbons (Fsp3) is 0.250.